The third-order valence-corrected chi connectivity index (χ3v) is 4.58. The monoisotopic (exact) mass is 376 g/mol. The molecular weight excluding hydrogens is 356 g/mol. The van der Waals surface area contributed by atoms with Gasteiger partial charge in [0.15, 0.2) is 0 Å². The molecule has 0 fully saturated rings. The molecule has 1 heterocycles. The van der Waals surface area contributed by atoms with E-state index in [4.69, 9.17) is 0 Å². The second kappa shape index (κ2) is 7.96. The van der Waals surface area contributed by atoms with E-state index in [1.54, 1.807) is 32.4 Å². The van der Waals surface area contributed by atoms with Crippen LogP contribution in [0.1, 0.15) is 10.4 Å². The fourth-order valence-electron chi connectivity index (χ4n) is 2.20. The fraction of sp³-hybridized carbons (Fsp3) is 0.235. The third kappa shape index (κ3) is 5.03. The van der Waals surface area contributed by atoms with Crippen molar-refractivity contribution in [1.82, 2.24) is 9.88 Å². The highest BCUT2D eigenvalue weighted by molar-refractivity contribution is 7.92. The van der Waals surface area contributed by atoms with Crippen LogP contribution >= 0.6 is 0 Å². The predicted octanol–water partition coefficient (Wildman–Crippen LogP) is 1.19. The summed E-state index contributed by atoms with van der Waals surface area (Å²) >= 11 is 0. The molecule has 2 aromatic rings. The zero-order valence-electron chi connectivity index (χ0n) is 14.7. The third-order valence-electron chi connectivity index (χ3n) is 3.44. The van der Waals surface area contributed by atoms with Gasteiger partial charge in [0.05, 0.1) is 23.8 Å². The highest BCUT2D eigenvalue weighted by atomic mass is 32.2. The Bertz CT molecular complexity index is 881. The van der Waals surface area contributed by atoms with Gasteiger partial charge in [-0.05, 0) is 36.4 Å². The van der Waals surface area contributed by atoms with Gasteiger partial charge in [-0.15, -0.1) is 0 Å². The van der Waals surface area contributed by atoms with Crippen LogP contribution < -0.4 is 9.62 Å². The molecule has 8 nitrogen and oxygen atoms in total. The zero-order chi connectivity index (χ0) is 19.3. The number of sulfonamides is 1. The molecule has 2 rings (SSSR count). The van der Waals surface area contributed by atoms with Crippen molar-refractivity contribution in [2.75, 3.05) is 36.5 Å². The summed E-state index contributed by atoms with van der Waals surface area (Å²) in [5.74, 6) is -0.700. The summed E-state index contributed by atoms with van der Waals surface area (Å²) in [5.41, 5.74) is 1.19. The molecule has 0 aliphatic rings. The first kappa shape index (κ1) is 19.4. The molecule has 1 aromatic carbocycles. The van der Waals surface area contributed by atoms with Crippen LogP contribution in [0.15, 0.2) is 48.8 Å². The molecule has 0 aliphatic carbocycles. The fourth-order valence-corrected chi connectivity index (χ4v) is 3.05. The van der Waals surface area contributed by atoms with Gasteiger partial charge in [0.25, 0.3) is 5.91 Å². The Labute approximate surface area is 152 Å². The smallest absolute Gasteiger partial charge is 0.253 e. The van der Waals surface area contributed by atoms with Crippen molar-refractivity contribution < 1.29 is 18.0 Å². The lowest BCUT2D eigenvalue weighted by Gasteiger charge is -2.22. The van der Waals surface area contributed by atoms with Gasteiger partial charge in [-0.3, -0.25) is 18.9 Å². The first-order chi connectivity index (χ1) is 12.2. The van der Waals surface area contributed by atoms with E-state index in [0.717, 1.165) is 10.6 Å². The molecular formula is C17H20N4O4S. The van der Waals surface area contributed by atoms with Crippen molar-refractivity contribution in [3.63, 3.8) is 0 Å². The van der Waals surface area contributed by atoms with Crippen molar-refractivity contribution in [2.24, 2.45) is 0 Å². The van der Waals surface area contributed by atoms with Crippen molar-refractivity contribution in [3.05, 3.63) is 54.4 Å². The molecule has 1 N–H and O–H groups in total. The predicted molar refractivity (Wildman–Crippen MR) is 99.5 cm³/mol. The van der Waals surface area contributed by atoms with Crippen LogP contribution in [-0.4, -0.2) is 57.0 Å². The van der Waals surface area contributed by atoms with Crippen molar-refractivity contribution >= 4 is 33.2 Å². The lowest BCUT2D eigenvalue weighted by atomic mass is 10.2. The lowest BCUT2D eigenvalue weighted by molar-refractivity contribution is -0.114. The molecule has 0 bridgehead atoms. The molecule has 2 amide bonds. The highest BCUT2D eigenvalue weighted by Crippen LogP contribution is 2.19. The van der Waals surface area contributed by atoms with Gasteiger partial charge < -0.3 is 10.2 Å². The molecule has 0 spiro atoms. The van der Waals surface area contributed by atoms with E-state index < -0.39 is 22.5 Å². The van der Waals surface area contributed by atoms with Gasteiger partial charge in [-0.1, -0.05) is 0 Å². The Morgan fingerprint density at radius 2 is 1.77 bits per heavy atom. The maximum absolute atomic E-state index is 12.2. The van der Waals surface area contributed by atoms with Crippen LogP contribution in [-0.2, 0) is 14.8 Å². The van der Waals surface area contributed by atoms with Crippen LogP contribution in [0.25, 0.3) is 0 Å². The number of rotatable bonds is 6. The van der Waals surface area contributed by atoms with E-state index in [2.05, 4.69) is 10.3 Å². The van der Waals surface area contributed by atoms with E-state index in [0.29, 0.717) is 16.9 Å². The largest absolute Gasteiger partial charge is 0.345 e. The van der Waals surface area contributed by atoms with E-state index in [-0.39, 0.29) is 5.91 Å². The van der Waals surface area contributed by atoms with Crippen LogP contribution in [0.4, 0.5) is 11.4 Å². The molecule has 0 atom stereocenters. The minimum absolute atomic E-state index is 0.197. The number of hydrogen-bond acceptors (Lipinski definition) is 5. The Morgan fingerprint density at radius 1 is 1.12 bits per heavy atom. The average molecular weight is 376 g/mol. The molecule has 1 aromatic heterocycles. The van der Waals surface area contributed by atoms with Gasteiger partial charge in [0.2, 0.25) is 15.9 Å². The van der Waals surface area contributed by atoms with Crippen LogP contribution in [0, 0.1) is 0 Å². The molecule has 0 saturated carbocycles. The normalized spacial score (nSPS) is 10.9. The van der Waals surface area contributed by atoms with Crippen LogP contribution in [0.5, 0.6) is 0 Å². The summed E-state index contributed by atoms with van der Waals surface area (Å²) in [5, 5.41) is 2.59. The summed E-state index contributed by atoms with van der Waals surface area (Å²) in [6.45, 7) is -0.394. The summed E-state index contributed by atoms with van der Waals surface area (Å²) < 4.78 is 25.2. The van der Waals surface area contributed by atoms with Gasteiger partial charge in [-0.25, -0.2) is 8.42 Å². The Morgan fingerprint density at radius 3 is 2.27 bits per heavy atom. The second-order valence-corrected chi connectivity index (χ2v) is 7.71. The van der Waals surface area contributed by atoms with E-state index in [1.807, 2.05) is 0 Å². The number of pyridine rings is 1. The molecule has 138 valence electrons. The first-order valence-electron chi connectivity index (χ1n) is 7.68. The molecule has 0 unspecified atom stereocenters. The summed E-state index contributed by atoms with van der Waals surface area (Å²) in [4.78, 5) is 29.4. The number of hydrogen-bond donors (Lipinski definition) is 1. The van der Waals surface area contributed by atoms with Crippen molar-refractivity contribution in [1.29, 1.82) is 0 Å². The molecule has 0 saturated heterocycles. The maximum Gasteiger partial charge on any atom is 0.253 e. The Kier molecular flexibility index (Phi) is 5.93. The van der Waals surface area contributed by atoms with Crippen LogP contribution in [0.3, 0.4) is 0 Å². The lowest BCUT2D eigenvalue weighted by Crippen LogP contribution is -2.37. The maximum atomic E-state index is 12.2. The van der Waals surface area contributed by atoms with Gasteiger partial charge in [0, 0.05) is 25.9 Å². The standard InChI is InChI=1S/C17H20N4O4S/c1-20(2)17(23)13-6-8-15(9-7-13)21(26(3,24)25)12-16(22)19-14-5-4-10-18-11-14/h4-11H,12H2,1-3H3,(H,19,22). The molecule has 26 heavy (non-hydrogen) atoms. The number of nitrogens with zero attached hydrogens (tertiary/aromatic N) is 3. The van der Waals surface area contributed by atoms with E-state index >= 15 is 0 Å². The summed E-state index contributed by atoms with van der Waals surface area (Å²) in [7, 11) is -0.440. The van der Waals surface area contributed by atoms with Gasteiger partial charge >= 0.3 is 0 Å². The number of anilines is 2. The minimum Gasteiger partial charge on any atom is -0.345 e. The van der Waals surface area contributed by atoms with Gasteiger partial charge in [0.1, 0.15) is 6.54 Å². The number of benzene rings is 1. The number of carbonyl (C=O) groups is 2. The number of amides is 2. The topological polar surface area (TPSA) is 99.7 Å². The molecule has 0 radical (unpaired) electrons. The zero-order valence-corrected chi connectivity index (χ0v) is 15.5. The van der Waals surface area contributed by atoms with E-state index in [1.165, 1.54) is 35.4 Å². The highest BCUT2D eigenvalue weighted by Gasteiger charge is 2.21. The van der Waals surface area contributed by atoms with Crippen molar-refractivity contribution in [2.45, 2.75) is 0 Å². The van der Waals surface area contributed by atoms with Crippen molar-refractivity contribution in [3.8, 4) is 0 Å². The number of nitrogens with one attached hydrogen (secondary N) is 1. The second-order valence-electron chi connectivity index (χ2n) is 5.81. The molecule has 9 heteroatoms. The quantitative estimate of drug-likeness (QED) is 0.816. The Hall–Kier alpha value is -2.94. The summed E-state index contributed by atoms with van der Waals surface area (Å²) in [6, 6.07) is 9.34. The first-order valence-corrected chi connectivity index (χ1v) is 9.52. The Balaban J connectivity index is 2.20. The average Bonchev–Trinajstić information content (AvgIpc) is 2.59. The van der Waals surface area contributed by atoms with E-state index in [9.17, 15) is 18.0 Å². The SMILES string of the molecule is CN(C)C(=O)c1ccc(N(CC(=O)Nc2cccnc2)S(C)(=O)=O)cc1. The van der Waals surface area contributed by atoms with Crippen LogP contribution in [0.2, 0.25) is 0 Å². The summed E-state index contributed by atoms with van der Waals surface area (Å²) in [6.07, 6.45) is 4.04. The van der Waals surface area contributed by atoms with Gasteiger partial charge in [-0.2, -0.15) is 0 Å². The number of aromatic nitrogens is 1. The minimum atomic E-state index is -3.69. The number of carbonyl (C=O) groups excluding carboxylic acids is 2. The molecule has 0 aliphatic heterocycles.